The minimum atomic E-state index is -0.662. The lowest BCUT2D eigenvalue weighted by molar-refractivity contribution is -0.118. The van der Waals surface area contributed by atoms with Crippen LogP contribution in [-0.4, -0.2) is 25.3 Å². The number of rotatable bonds is 6. The van der Waals surface area contributed by atoms with Crippen LogP contribution >= 0.6 is 0 Å². The fourth-order valence-corrected chi connectivity index (χ4v) is 3.12. The average Bonchev–Trinajstić information content (AvgIpc) is 3.38. The summed E-state index contributed by atoms with van der Waals surface area (Å²) in [4.78, 5) is 13.0. The van der Waals surface area contributed by atoms with Gasteiger partial charge in [0.1, 0.15) is 11.5 Å². The molecular weight excluding hydrogens is 344 g/mol. The maximum atomic E-state index is 13.0. The molecule has 1 saturated carbocycles. The molecule has 0 atom stereocenters. The van der Waals surface area contributed by atoms with Crippen LogP contribution in [0.4, 0.5) is 5.69 Å². The van der Waals surface area contributed by atoms with Gasteiger partial charge in [-0.2, -0.15) is 0 Å². The maximum Gasteiger partial charge on any atom is 0.236 e. The van der Waals surface area contributed by atoms with Crippen LogP contribution in [-0.2, 0) is 10.2 Å². The van der Waals surface area contributed by atoms with E-state index in [9.17, 15) is 4.79 Å². The number of carbonyl (C=O) groups is 1. The molecular formula is C21H20N2O4. The molecule has 2 aromatic carbocycles. The molecule has 3 aromatic rings. The van der Waals surface area contributed by atoms with E-state index in [1.54, 1.807) is 32.4 Å². The fourth-order valence-electron chi connectivity index (χ4n) is 3.12. The molecule has 0 unspecified atom stereocenters. The van der Waals surface area contributed by atoms with Gasteiger partial charge in [-0.05, 0) is 25.0 Å². The summed E-state index contributed by atoms with van der Waals surface area (Å²) in [5.74, 6) is 1.75. The Hall–Kier alpha value is -3.28. The van der Waals surface area contributed by atoms with Gasteiger partial charge in [-0.15, -0.1) is 0 Å². The average molecular weight is 364 g/mol. The molecule has 6 nitrogen and oxygen atoms in total. The van der Waals surface area contributed by atoms with E-state index in [0.29, 0.717) is 28.6 Å². The first-order chi connectivity index (χ1) is 13.2. The predicted molar refractivity (Wildman–Crippen MR) is 101 cm³/mol. The zero-order valence-electron chi connectivity index (χ0n) is 15.2. The topological polar surface area (TPSA) is 73.6 Å². The Balaban J connectivity index is 1.59. The lowest BCUT2D eigenvalue weighted by atomic mass is 10.00. The molecule has 1 aromatic heterocycles. The third kappa shape index (κ3) is 3.14. The van der Waals surface area contributed by atoms with Gasteiger partial charge < -0.3 is 19.3 Å². The smallest absolute Gasteiger partial charge is 0.236 e. The molecule has 6 heteroatoms. The third-order valence-corrected chi connectivity index (χ3v) is 4.90. The van der Waals surface area contributed by atoms with Gasteiger partial charge in [-0.1, -0.05) is 35.5 Å². The van der Waals surface area contributed by atoms with Crippen molar-refractivity contribution in [3.63, 3.8) is 0 Å². The standard InChI is InChI=1S/C21H20N2O4/c1-25-15-8-9-17(26-2)16(12-15)22-20(24)21(10-11-21)19-13-18(27-23-19)14-6-4-3-5-7-14/h3-9,12-13H,10-11H2,1-2H3,(H,22,24). The summed E-state index contributed by atoms with van der Waals surface area (Å²) < 4.78 is 16.1. The van der Waals surface area contributed by atoms with Gasteiger partial charge in [0.05, 0.1) is 31.0 Å². The molecule has 1 heterocycles. The summed E-state index contributed by atoms with van der Waals surface area (Å²) in [6, 6.07) is 16.9. The van der Waals surface area contributed by atoms with Crippen LogP contribution in [0.15, 0.2) is 59.1 Å². The first kappa shape index (κ1) is 17.1. The third-order valence-electron chi connectivity index (χ3n) is 4.90. The van der Waals surface area contributed by atoms with E-state index in [1.165, 1.54) is 0 Å². The zero-order chi connectivity index (χ0) is 18.9. The summed E-state index contributed by atoms with van der Waals surface area (Å²) >= 11 is 0. The molecule has 1 amide bonds. The van der Waals surface area contributed by atoms with Crippen LogP contribution in [0.3, 0.4) is 0 Å². The molecule has 1 fully saturated rings. The largest absolute Gasteiger partial charge is 0.497 e. The Bertz CT molecular complexity index is 961. The van der Waals surface area contributed by atoms with Crippen molar-refractivity contribution in [2.24, 2.45) is 0 Å². The van der Waals surface area contributed by atoms with E-state index in [2.05, 4.69) is 10.5 Å². The fraction of sp³-hybridized carbons (Fsp3) is 0.238. The summed E-state index contributed by atoms with van der Waals surface area (Å²) in [6.07, 6.45) is 1.46. The van der Waals surface area contributed by atoms with Crippen molar-refractivity contribution in [3.05, 3.63) is 60.3 Å². The minimum absolute atomic E-state index is 0.123. The Morgan fingerprint density at radius 1 is 1.07 bits per heavy atom. The molecule has 0 saturated heterocycles. The molecule has 1 aliphatic rings. The van der Waals surface area contributed by atoms with E-state index in [-0.39, 0.29) is 5.91 Å². The molecule has 27 heavy (non-hydrogen) atoms. The highest BCUT2D eigenvalue weighted by Crippen LogP contribution is 2.49. The lowest BCUT2D eigenvalue weighted by Crippen LogP contribution is -2.28. The second kappa shape index (κ2) is 6.79. The van der Waals surface area contributed by atoms with Gasteiger partial charge in [-0.3, -0.25) is 4.79 Å². The van der Waals surface area contributed by atoms with Crippen LogP contribution in [0.2, 0.25) is 0 Å². The molecule has 1 N–H and O–H groups in total. The van der Waals surface area contributed by atoms with Crippen molar-refractivity contribution in [2.75, 3.05) is 19.5 Å². The van der Waals surface area contributed by atoms with Gasteiger partial charge in [0.15, 0.2) is 5.76 Å². The zero-order valence-corrected chi connectivity index (χ0v) is 15.2. The van der Waals surface area contributed by atoms with Crippen LogP contribution in [0.25, 0.3) is 11.3 Å². The molecule has 0 radical (unpaired) electrons. The van der Waals surface area contributed by atoms with E-state index in [1.807, 2.05) is 36.4 Å². The van der Waals surface area contributed by atoms with Gasteiger partial charge >= 0.3 is 0 Å². The highest BCUT2D eigenvalue weighted by atomic mass is 16.5. The maximum absolute atomic E-state index is 13.0. The van der Waals surface area contributed by atoms with Crippen LogP contribution in [0, 0.1) is 0 Å². The van der Waals surface area contributed by atoms with Crippen molar-refractivity contribution in [3.8, 4) is 22.8 Å². The van der Waals surface area contributed by atoms with Crippen molar-refractivity contribution in [2.45, 2.75) is 18.3 Å². The van der Waals surface area contributed by atoms with Gasteiger partial charge in [-0.25, -0.2) is 0 Å². The summed E-state index contributed by atoms with van der Waals surface area (Å²) in [6.45, 7) is 0. The molecule has 4 rings (SSSR count). The van der Waals surface area contributed by atoms with Crippen LogP contribution < -0.4 is 14.8 Å². The van der Waals surface area contributed by atoms with Crippen molar-refractivity contribution >= 4 is 11.6 Å². The molecule has 138 valence electrons. The van der Waals surface area contributed by atoms with Crippen LogP contribution in [0.1, 0.15) is 18.5 Å². The highest BCUT2D eigenvalue weighted by Gasteiger charge is 2.54. The van der Waals surface area contributed by atoms with Gasteiger partial charge in [0.25, 0.3) is 0 Å². The molecule has 0 spiro atoms. The number of benzene rings is 2. The van der Waals surface area contributed by atoms with Crippen molar-refractivity contribution in [1.82, 2.24) is 5.16 Å². The number of carbonyl (C=O) groups excluding carboxylic acids is 1. The Labute approximate surface area is 157 Å². The highest BCUT2D eigenvalue weighted by molar-refractivity contribution is 6.02. The Morgan fingerprint density at radius 2 is 1.85 bits per heavy atom. The minimum Gasteiger partial charge on any atom is -0.497 e. The SMILES string of the molecule is COc1ccc(OC)c(NC(=O)C2(c3cc(-c4ccccc4)on3)CC2)c1. The van der Waals surface area contributed by atoms with E-state index < -0.39 is 5.41 Å². The van der Waals surface area contributed by atoms with Crippen LogP contribution in [0.5, 0.6) is 11.5 Å². The number of aromatic nitrogens is 1. The lowest BCUT2D eigenvalue weighted by Gasteiger charge is -2.15. The van der Waals surface area contributed by atoms with Crippen molar-refractivity contribution in [1.29, 1.82) is 0 Å². The number of amides is 1. The summed E-state index contributed by atoms with van der Waals surface area (Å²) in [7, 11) is 3.14. The summed E-state index contributed by atoms with van der Waals surface area (Å²) in [5, 5.41) is 7.13. The second-order valence-corrected chi connectivity index (χ2v) is 6.54. The number of methoxy groups -OCH3 is 2. The number of hydrogen-bond acceptors (Lipinski definition) is 5. The summed E-state index contributed by atoms with van der Waals surface area (Å²) in [5.41, 5.74) is 1.49. The number of nitrogens with one attached hydrogen (secondary N) is 1. The van der Waals surface area contributed by atoms with E-state index in [4.69, 9.17) is 14.0 Å². The number of hydrogen-bond donors (Lipinski definition) is 1. The predicted octanol–water partition coefficient (Wildman–Crippen LogP) is 4.03. The van der Waals surface area contributed by atoms with Gasteiger partial charge in [0, 0.05) is 17.7 Å². The molecule has 0 bridgehead atoms. The normalized spacial score (nSPS) is 14.4. The number of nitrogens with zero attached hydrogens (tertiary/aromatic N) is 1. The van der Waals surface area contributed by atoms with Gasteiger partial charge in [0.2, 0.25) is 5.91 Å². The molecule has 1 aliphatic carbocycles. The molecule has 0 aliphatic heterocycles. The van der Waals surface area contributed by atoms with E-state index in [0.717, 1.165) is 18.4 Å². The Kier molecular flexibility index (Phi) is 4.32. The first-order valence-corrected chi connectivity index (χ1v) is 8.72. The number of ether oxygens (including phenoxy) is 2. The first-order valence-electron chi connectivity index (χ1n) is 8.72. The number of anilines is 1. The Morgan fingerprint density at radius 3 is 2.52 bits per heavy atom. The van der Waals surface area contributed by atoms with E-state index >= 15 is 0 Å². The quantitative estimate of drug-likeness (QED) is 0.715. The monoisotopic (exact) mass is 364 g/mol. The second-order valence-electron chi connectivity index (χ2n) is 6.54. The van der Waals surface area contributed by atoms with Crippen molar-refractivity contribution < 1.29 is 18.8 Å².